The summed E-state index contributed by atoms with van der Waals surface area (Å²) in [5.74, 6) is 0.0422. The smallest absolute Gasteiger partial charge is 0.222 e. The minimum absolute atomic E-state index is 0.0422. The van der Waals surface area contributed by atoms with Gasteiger partial charge in [-0.3, -0.25) is 4.79 Å². The fraction of sp³-hybridized carbons (Fsp3) is 0.350. The second-order valence-corrected chi connectivity index (χ2v) is 9.28. The molecular formula is C20H22ClNO3S. The van der Waals surface area contributed by atoms with E-state index >= 15 is 0 Å². The molecule has 0 spiro atoms. The van der Waals surface area contributed by atoms with Crippen molar-refractivity contribution in [3.8, 4) is 0 Å². The van der Waals surface area contributed by atoms with Crippen LogP contribution in [0.4, 0.5) is 0 Å². The van der Waals surface area contributed by atoms with Crippen molar-refractivity contribution in [3.05, 3.63) is 65.2 Å². The number of likely N-dealkylation sites (tertiary alicyclic amines) is 1. The molecule has 1 saturated heterocycles. The number of aryl methyl sites for hydroxylation is 1. The van der Waals surface area contributed by atoms with Crippen LogP contribution >= 0.6 is 11.6 Å². The van der Waals surface area contributed by atoms with Crippen LogP contribution in [0.15, 0.2) is 59.5 Å². The van der Waals surface area contributed by atoms with E-state index < -0.39 is 15.1 Å². The van der Waals surface area contributed by atoms with Gasteiger partial charge in [0.1, 0.15) is 5.25 Å². The summed E-state index contributed by atoms with van der Waals surface area (Å²) < 4.78 is 25.1. The Kier molecular flexibility index (Phi) is 5.99. The average molecular weight is 392 g/mol. The third-order valence-electron chi connectivity index (χ3n) is 4.73. The summed E-state index contributed by atoms with van der Waals surface area (Å²) in [6.45, 7) is 0.560. The molecule has 0 unspecified atom stereocenters. The van der Waals surface area contributed by atoms with Gasteiger partial charge in [0.15, 0.2) is 9.84 Å². The molecule has 0 aliphatic carbocycles. The van der Waals surface area contributed by atoms with Crippen LogP contribution in [-0.4, -0.2) is 37.6 Å². The largest absolute Gasteiger partial charge is 0.340 e. The molecule has 3 rings (SSSR count). The zero-order valence-corrected chi connectivity index (χ0v) is 16.0. The van der Waals surface area contributed by atoms with E-state index in [2.05, 4.69) is 12.1 Å². The predicted molar refractivity (Wildman–Crippen MR) is 103 cm³/mol. The maximum Gasteiger partial charge on any atom is 0.222 e. The second kappa shape index (κ2) is 8.23. The molecule has 26 heavy (non-hydrogen) atoms. The fourth-order valence-corrected chi connectivity index (χ4v) is 4.84. The van der Waals surface area contributed by atoms with E-state index in [9.17, 15) is 13.2 Å². The molecule has 0 atom stereocenters. The Bertz CT molecular complexity index is 844. The van der Waals surface area contributed by atoms with Crippen molar-refractivity contribution in [2.75, 3.05) is 13.1 Å². The van der Waals surface area contributed by atoms with Crippen LogP contribution in [0.25, 0.3) is 0 Å². The Hall–Kier alpha value is -1.85. The lowest BCUT2D eigenvalue weighted by atomic mass is 10.1. The highest BCUT2D eigenvalue weighted by Crippen LogP contribution is 2.25. The van der Waals surface area contributed by atoms with Crippen LogP contribution < -0.4 is 0 Å². The van der Waals surface area contributed by atoms with Crippen molar-refractivity contribution in [1.29, 1.82) is 0 Å². The van der Waals surface area contributed by atoms with Crippen LogP contribution in [0, 0.1) is 0 Å². The molecule has 0 radical (unpaired) electrons. The maximum atomic E-state index is 12.5. The summed E-state index contributed by atoms with van der Waals surface area (Å²) in [5, 5.41) is -0.0122. The maximum absolute atomic E-state index is 12.5. The number of benzene rings is 2. The molecular weight excluding hydrogens is 370 g/mol. The standard InChI is InChI=1S/C20H22ClNO3S/c21-17-10-12-18(13-11-17)26(24,25)19-14-22(15-19)20(23)9-5-4-8-16-6-2-1-3-7-16/h1-3,6-7,10-13,19H,4-5,8-9,14-15H2. The number of amides is 1. The van der Waals surface area contributed by atoms with E-state index in [-0.39, 0.29) is 23.9 Å². The first-order valence-electron chi connectivity index (χ1n) is 8.78. The molecule has 0 bridgehead atoms. The molecule has 1 amide bonds. The Morgan fingerprint density at radius 3 is 2.31 bits per heavy atom. The number of carbonyl (C=O) groups is 1. The highest BCUT2D eigenvalue weighted by atomic mass is 35.5. The lowest BCUT2D eigenvalue weighted by molar-refractivity contribution is -0.134. The number of sulfone groups is 1. The van der Waals surface area contributed by atoms with Gasteiger partial charge >= 0.3 is 0 Å². The molecule has 138 valence electrons. The van der Waals surface area contributed by atoms with Gasteiger partial charge in [-0.2, -0.15) is 0 Å². The number of nitrogens with zero attached hydrogens (tertiary/aromatic N) is 1. The van der Waals surface area contributed by atoms with Gasteiger partial charge in [-0.15, -0.1) is 0 Å². The minimum Gasteiger partial charge on any atom is -0.340 e. The van der Waals surface area contributed by atoms with Gasteiger partial charge < -0.3 is 4.90 Å². The van der Waals surface area contributed by atoms with E-state index in [4.69, 9.17) is 11.6 Å². The van der Waals surface area contributed by atoms with Gasteiger partial charge in [-0.05, 0) is 49.1 Å². The van der Waals surface area contributed by atoms with Crippen LogP contribution in [0.2, 0.25) is 5.02 Å². The molecule has 0 saturated carbocycles. The first-order valence-corrected chi connectivity index (χ1v) is 10.7. The van der Waals surface area contributed by atoms with Crippen molar-refractivity contribution in [3.63, 3.8) is 0 Å². The molecule has 2 aromatic rings. The van der Waals surface area contributed by atoms with Gasteiger partial charge in [0.2, 0.25) is 5.91 Å². The number of halogens is 1. The second-order valence-electron chi connectivity index (χ2n) is 6.61. The quantitative estimate of drug-likeness (QED) is 0.675. The van der Waals surface area contributed by atoms with Gasteiger partial charge in [0.05, 0.1) is 4.90 Å². The number of carbonyl (C=O) groups excluding carboxylic acids is 1. The zero-order chi connectivity index (χ0) is 18.6. The van der Waals surface area contributed by atoms with E-state index in [1.165, 1.54) is 17.7 Å². The molecule has 1 aliphatic heterocycles. The number of hydrogen-bond donors (Lipinski definition) is 0. The fourth-order valence-electron chi connectivity index (χ4n) is 3.06. The summed E-state index contributed by atoms with van der Waals surface area (Å²) in [6, 6.07) is 16.4. The minimum atomic E-state index is -3.40. The van der Waals surface area contributed by atoms with Gasteiger partial charge in [0.25, 0.3) is 0 Å². The topological polar surface area (TPSA) is 54.5 Å². The Morgan fingerprint density at radius 2 is 1.65 bits per heavy atom. The van der Waals surface area contributed by atoms with E-state index in [1.54, 1.807) is 17.0 Å². The molecule has 1 heterocycles. The van der Waals surface area contributed by atoms with Crippen molar-refractivity contribution in [2.45, 2.75) is 35.8 Å². The normalized spacial score (nSPS) is 14.9. The van der Waals surface area contributed by atoms with Crippen molar-refractivity contribution in [1.82, 2.24) is 4.90 Å². The third kappa shape index (κ3) is 4.46. The number of unbranched alkanes of at least 4 members (excludes halogenated alkanes) is 1. The Balaban J connectivity index is 1.42. The Morgan fingerprint density at radius 1 is 1.00 bits per heavy atom. The molecule has 2 aromatic carbocycles. The lowest BCUT2D eigenvalue weighted by Crippen LogP contribution is -2.56. The highest BCUT2D eigenvalue weighted by molar-refractivity contribution is 7.92. The summed E-state index contributed by atoms with van der Waals surface area (Å²) in [6.07, 6.45) is 3.21. The predicted octanol–water partition coefficient (Wildman–Crippen LogP) is 3.74. The van der Waals surface area contributed by atoms with Crippen LogP contribution in [0.1, 0.15) is 24.8 Å². The monoisotopic (exact) mass is 391 g/mol. The van der Waals surface area contributed by atoms with Gasteiger partial charge in [-0.25, -0.2) is 8.42 Å². The molecule has 1 fully saturated rings. The summed E-state index contributed by atoms with van der Waals surface area (Å²) >= 11 is 5.81. The first kappa shape index (κ1) is 18.9. The van der Waals surface area contributed by atoms with Crippen molar-refractivity contribution < 1.29 is 13.2 Å². The van der Waals surface area contributed by atoms with E-state index in [1.807, 2.05) is 18.2 Å². The van der Waals surface area contributed by atoms with Crippen molar-refractivity contribution >= 4 is 27.3 Å². The summed E-state index contributed by atoms with van der Waals surface area (Å²) in [4.78, 5) is 14.1. The average Bonchev–Trinajstić information content (AvgIpc) is 2.58. The SMILES string of the molecule is O=C(CCCCc1ccccc1)N1CC(S(=O)(=O)c2ccc(Cl)cc2)C1. The van der Waals surface area contributed by atoms with Crippen LogP contribution in [0.3, 0.4) is 0 Å². The first-order chi connectivity index (χ1) is 12.5. The van der Waals surface area contributed by atoms with E-state index in [0.717, 1.165) is 19.3 Å². The molecule has 0 N–H and O–H groups in total. The summed E-state index contributed by atoms with van der Waals surface area (Å²) in [5.41, 5.74) is 1.28. The third-order valence-corrected chi connectivity index (χ3v) is 7.09. The lowest BCUT2D eigenvalue weighted by Gasteiger charge is -2.38. The Labute approximate surface area is 159 Å². The molecule has 4 nitrogen and oxygen atoms in total. The highest BCUT2D eigenvalue weighted by Gasteiger charge is 2.40. The summed E-state index contributed by atoms with van der Waals surface area (Å²) in [7, 11) is -3.40. The molecule has 6 heteroatoms. The van der Waals surface area contributed by atoms with Crippen molar-refractivity contribution in [2.24, 2.45) is 0 Å². The van der Waals surface area contributed by atoms with Crippen LogP contribution in [0.5, 0.6) is 0 Å². The van der Waals surface area contributed by atoms with Gasteiger partial charge in [-0.1, -0.05) is 41.9 Å². The van der Waals surface area contributed by atoms with Crippen LogP contribution in [-0.2, 0) is 21.1 Å². The van der Waals surface area contributed by atoms with Gasteiger partial charge in [0, 0.05) is 24.5 Å². The molecule has 1 aliphatic rings. The number of rotatable bonds is 7. The van der Waals surface area contributed by atoms with E-state index in [0.29, 0.717) is 11.4 Å². The zero-order valence-electron chi connectivity index (χ0n) is 14.5. The molecule has 0 aromatic heterocycles. The number of hydrogen-bond acceptors (Lipinski definition) is 3.